The Morgan fingerprint density at radius 3 is 2.58 bits per heavy atom. The zero-order valence-corrected chi connectivity index (χ0v) is 18.5. The number of benzene rings is 1. The molecule has 3 heterocycles. The lowest BCUT2D eigenvalue weighted by Crippen LogP contribution is -2.31. The molecule has 3 aromatic rings. The highest BCUT2D eigenvalue weighted by Gasteiger charge is 2.28. The van der Waals surface area contributed by atoms with E-state index in [0.717, 1.165) is 5.56 Å². The molecule has 9 heteroatoms. The van der Waals surface area contributed by atoms with Gasteiger partial charge in [0.1, 0.15) is 17.3 Å². The monoisotopic (exact) mass is 451 g/mol. The van der Waals surface area contributed by atoms with E-state index < -0.39 is 0 Å². The molecule has 1 unspecified atom stereocenters. The molecule has 0 radical (unpaired) electrons. The molecule has 0 bridgehead atoms. The Morgan fingerprint density at radius 2 is 1.88 bits per heavy atom. The zero-order valence-electron chi connectivity index (χ0n) is 18.5. The molecular formula is C24H26FN5O3. The minimum atomic E-state index is -0.352. The van der Waals surface area contributed by atoms with Gasteiger partial charge in [-0.05, 0) is 43.2 Å². The average Bonchev–Trinajstić information content (AvgIpc) is 3.23. The van der Waals surface area contributed by atoms with E-state index in [1.54, 1.807) is 36.7 Å². The van der Waals surface area contributed by atoms with Crippen LogP contribution in [0.15, 0.2) is 48.8 Å². The lowest BCUT2D eigenvalue weighted by molar-refractivity contribution is 0.0774. The van der Waals surface area contributed by atoms with Gasteiger partial charge in [-0.15, -0.1) is 0 Å². The van der Waals surface area contributed by atoms with Gasteiger partial charge in [0.25, 0.3) is 11.8 Å². The van der Waals surface area contributed by atoms with Crippen LogP contribution in [0.5, 0.6) is 0 Å². The van der Waals surface area contributed by atoms with Crippen molar-refractivity contribution in [2.24, 2.45) is 0 Å². The van der Waals surface area contributed by atoms with E-state index >= 15 is 0 Å². The summed E-state index contributed by atoms with van der Waals surface area (Å²) < 4.78 is 20.6. The first-order valence-corrected chi connectivity index (χ1v) is 10.9. The van der Waals surface area contributed by atoms with Crippen molar-refractivity contribution in [3.8, 4) is 0 Å². The van der Waals surface area contributed by atoms with Crippen molar-refractivity contribution >= 4 is 11.8 Å². The number of fused-ring (bicyclic) bond motifs is 1. The Bertz CT molecular complexity index is 1130. The third kappa shape index (κ3) is 4.93. The minimum Gasteiger partial charge on any atom is -0.373 e. The number of hydrogen-bond acceptors (Lipinski definition) is 5. The maximum Gasteiger partial charge on any atom is 0.268 e. The van der Waals surface area contributed by atoms with Gasteiger partial charge in [-0.1, -0.05) is 19.1 Å². The third-order valence-corrected chi connectivity index (χ3v) is 5.71. The summed E-state index contributed by atoms with van der Waals surface area (Å²) in [6, 6.07) is 8.63. The normalized spacial score (nSPS) is 14.8. The summed E-state index contributed by atoms with van der Waals surface area (Å²) in [6.45, 7) is 4.92. The van der Waals surface area contributed by atoms with Crippen LogP contribution in [-0.2, 0) is 17.9 Å². The van der Waals surface area contributed by atoms with Crippen LogP contribution in [0.2, 0.25) is 0 Å². The maximum absolute atomic E-state index is 13.2. The van der Waals surface area contributed by atoms with Crippen molar-refractivity contribution in [3.05, 3.63) is 82.9 Å². The largest absolute Gasteiger partial charge is 0.373 e. The number of hydrogen-bond donors (Lipinski definition) is 2. The first kappa shape index (κ1) is 22.6. The van der Waals surface area contributed by atoms with Gasteiger partial charge in [-0.2, -0.15) is 0 Å². The smallest absolute Gasteiger partial charge is 0.268 e. The van der Waals surface area contributed by atoms with E-state index in [4.69, 9.17) is 4.74 Å². The van der Waals surface area contributed by atoms with Gasteiger partial charge in [0.05, 0.1) is 36.6 Å². The van der Waals surface area contributed by atoms with Gasteiger partial charge in [0.15, 0.2) is 0 Å². The molecule has 0 aliphatic carbocycles. The molecule has 2 aromatic heterocycles. The number of amides is 2. The third-order valence-electron chi connectivity index (χ3n) is 5.71. The van der Waals surface area contributed by atoms with Crippen LogP contribution in [-0.4, -0.2) is 33.0 Å². The lowest BCUT2D eigenvalue weighted by Gasteiger charge is -2.21. The molecule has 4 rings (SSSR count). The van der Waals surface area contributed by atoms with Gasteiger partial charge in [-0.3, -0.25) is 9.59 Å². The summed E-state index contributed by atoms with van der Waals surface area (Å²) in [5.41, 5.74) is 2.22. The fourth-order valence-electron chi connectivity index (χ4n) is 3.89. The predicted octanol–water partition coefficient (Wildman–Crippen LogP) is 3.32. The van der Waals surface area contributed by atoms with Crippen molar-refractivity contribution in [2.75, 3.05) is 6.61 Å². The second-order valence-corrected chi connectivity index (χ2v) is 7.88. The molecule has 8 nitrogen and oxygen atoms in total. The van der Waals surface area contributed by atoms with E-state index in [1.807, 2.05) is 18.4 Å². The van der Waals surface area contributed by atoms with E-state index in [0.29, 0.717) is 42.3 Å². The number of aromatic nitrogens is 3. The average molecular weight is 452 g/mol. The van der Waals surface area contributed by atoms with Crippen molar-refractivity contribution in [3.63, 3.8) is 0 Å². The SMILES string of the molecule is CC[C@@H](NC(=O)c1cc(C(=O)NC(C)c2ccc(F)cc2)n2c1COCC2)c1ncccn1. The molecule has 0 saturated heterocycles. The second kappa shape index (κ2) is 9.91. The maximum atomic E-state index is 13.2. The fourth-order valence-corrected chi connectivity index (χ4v) is 3.89. The van der Waals surface area contributed by atoms with Gasteiger partial charge in [-0.25, -0.2) is 14.4 Å². The standard InChI is InChI=1S/C24H26FN5O3/c1-3-19(22-26-9-4-10-27-22)29-23(31)18-13-20(30-11-12-33-14-21(18)30)24(32)28-15(2)16-5-7-17(25)8-6-16/h4-10,13,15,19H,3,11-12,14H2,1-2H3,(H,28,32)(H,29,31)/t15?,19-/m1/s1. The zero-order chi connectivity index (χ0) is 23.4. The first-order valence-electron chi connectivity index (χ1n) is 10.9. The summed E-state index contributed by atoms with van der Waals surface area (Å²) in [5, 5.41) is 5.91. The highest BCUT2D eigenvalue weighted by atomic mass is 19.1. The van der Waals surface area contributed by atoms with Gasteiger partial charge >= 0.3 is 0 Å². The number of halogens is 1. The number of ether oxygens (including phenoxy) is 1. The summed E-state index contributed by atoms with van der Waals surface area (Å²) >= 11 is 0. The minimum absolute atomic E-state index is 0.238. The van der Waals surface area contributed by atoms with Crippen LogP contribution in [0.4, 0.5) is 4.39 Å². The molecule has 0 fully saturated rings. The molecule has 1 aliphatic heterocycles. The van der Waals surface area contributed by atoms with Crippen LogP contribution in [0, 0.1) is 5.82 Å². The molecule has 2 atom stereocenters. The highest BCUT2D eigenvalue weighted by molar-refractivity contribution is 6.01. The molecule has 2 amide bonds. The number of nitrogens with zero attached hydrogens (tertiary/aromatic N) is 3. The summed E-state index contributed by atoms with van der Waals surface area (Å²) in [5.74, 6) is -0.426. The fraction of sp³-hybridized carbons (Fsp3) is 0.333. The topological polar surface area (TPSA) is 98.1 Å². The molecule has 33 heavy (non-hydrogen) atoms. The van der Waals surface area contributed by atoms with Crippen molar-refractivity contribution in [1.82, 2.24) is 25.2 Å². The van der Waals surface area contributed by atoms with Crippen LogP contribution in [0.1, 0.15) is 70.3 Å². The molecule has 2 N–H and O–H groups in total. The first-order chi connectivity index (χ1) is 16.0. The molecular weight excluding hydrogens is 425 g/mol. The van der Waals surface area contributed by atoms with Crippen molar-refractivity contribution in [2.45, 2.75) is 45.5 Å². The molecule has 1 aromatic carbocycles. The summed E-state index contributed by atoms with van der Waals surface area (Å²) in [7, 11) is 0. The second-order valence-electron chi connectivity index (χ2n) is 7.88. The van der Waals surface area contributed by atoms with Crippen molar-refractivity contribution < 1.29 is 18.7 Å². The highest BCUT2D eigenvalue weighted by Crippen LogP contribution is 2.23. The Labute approximate surface area is 191 Å². The number of nitrogens with one attached hydrogen (secondary N) is 2. The number of carbonyl (C=O) groups is 2. The van der Waals surface area contributed by atoms with Gasteiger partial charge < -0.3 is 19.9 Å². The van der Waals surface area contributed by atoms with E-state index in [1.165, 1.54) is 12.1 Å². The lowest BCUT2D eigenvalue weighted by atomic mass is 10.1. The summed E-state index contributed by atoms with van der Waals surface area (Å²) in [4.78, 5) is 34.8. The molecule has 172 valence electrons. The molecule has 1 aliphatic rings. The van der Waals surface area contributed by atoms with Crippen LogP contribution >= 0.6 is 0 Å². The Balaban J connectivity index is 1.56. The Hall–Kier alpha value is -3.59. The van der Waals surface area contributed by atoms with Gasteiger partial charge in [0, 0.05) is 18.9 Å². The molecule has 0 spiro atoms. The van der Waals surface area contributed by atoms with Crippen LogP contribution in [0.3, 0.4) is 0 Å². The van der Waals surface area contributed by atoms with Gasteiger partial charge in [0.2, 0.25) is 0 Å². The van der Waals surface area contributed by atoms with Crippen LogP contribution < -0.4 is 10.6 Å². The number of rotatable bonds is 7. The number of carbonyl (C=O) groups excluding carboxylic acids is 2. The van der Waals surface area contributed by atoms with Crippen molar-refractivity contribution in [1.29, 1.82) is 0 Å². The van der Waals surface area contributed by atoms with E-state index in [-0.39, 0.29) is 36.3 Å². The van der Waals surface area contributed by atoms with Crippen LogP contribution in [0.25, 0.3) is 0 Å². The summed E-state index contributed by atoms with van der Waals surface area (Å²) in [6.07, 6.45) is 3.89. The van der Waals surface area contributed by atoms with E-state index in [9.17, 15) is 14.0 Å². The Morgan fingerprint density at radius 1 is 1.15 bits per heavy atom. The predicted molar refractivity (Wildman–Crippen MR) is 119 cm³/mol. The molecule has 0 saturated carbocycles. The Kier molecular flexibility index (Phi) is 6.79. The van der Waals surface area contributed by atoms with E-state index in [2.05, 4.69) is 20.6 Å². The quantitative estimate of drug-likeness (QED) is 0.574.